The third-order valence-electron chi connectivity index (χ3n) is 4.77. The number of halogens is 1. The van der Waals surface area contributed by atoms with Crippen molar-refractivity contribution < 1.29 is 18.0 Å². The molecule has 0 fully saturated rings. The largest absolute Gasteiger partial charge is 0.385 e. The average Bonchev–Trinajstić information content (AvgIpc) is 3.15. The third kappa shape index (κ3) is 5.15. The second-order valence-corrected chi connectivity index (χ2v) is 9.19. The van der Waals surface area contributed by atoms with Crippen molar-refractivity contribution in [3.8, 4) is 0 Å². The van der Waals surface area contributed by atoms with Crippen LogP contribution < -0.4 is 10.2 Å². The predicted molar refractivity (Wildman–Crippen MR) is 117 cm³/mol. The van der Waals surface area contributed by atoms with Gasteiger partial charge >= 0.3 is 0 Å². The lowest BCUT2D eigenvalue weighted by atomic mass is 10.1. The zero-order chi connectivity index (χ0) is 22.6. The molecule has 0 saturated heterocycles. The van der Waals surface area contributed by atoms with Crippen LogP contribution in [-0.2, 0) is 14.8 Å². The lowest BCUT2D eigenvalue weighted by Crippen LogP contribution is -2.34. The van der Waals surface area contributed by atoms with Gasteiger partial charge in [-0.15, -0.1) is 5.10 Å². The van der Waals surface area contributed by atoms with E-state index >= 15 is 0 Å². The van der Waals surface area contributed by atoms with E-state index in [9.17, 15) is 13.2 Å². The minimum absolute atomic E-state index is 0.106. The molecule has 2 aromatic carbocycles. The fourth-order valence-corrected chi connectivity index (χ4v) is 4.79. The highest BCUT2D eigenvalue weighted by Gasteiger charge is 2.23. The van der Waals surface area contributed by atoms with Gasteiger partial charge in [-0.1, -0.05) is 42.4 Å². The van der Waals surface area contributed by atoms with Gasteiger partial charge in [0.25, 0.3) is 5.91 Å². The number of amides is 1. The number of nitrogens with zero attached hydrogens (tertiary/aromatic N) is 4. The number of rotatable bonds is 9. The summed E-state index contributed by atoms with van der Waals surface area (Å²) in [6, 6.07) is 11.4. The number of sulfonamides is 1. The highest BCUT2D eigenvalue weighted by atomic mass is 35.5. The molecule has 3 aromatic rings. The highest BCUT2D eigenvalue weighted by Crippen LogP contribution is 2.20. The van der Waals surface area contributed by atoms with Crippen LogP contribution in [0.1, 0.15) is 32.4 Å². The van der Waals surface area contributed by atoms with Crippen LogP contribution in [0.2, 0.25) is 5.02 Å². The monoisotopic (exact) mass is 465 g/mol. The van der Waals surface area contributed by atoms with Crippen molar-refractivity contribution in [1.29, 1.82) is 0 Å². The molecule has 166 valence electrons. The quantitative estimate of drug-likeness (QED) is 0.520. The molecule has 0 aliphatic rings. The van der Waals surface area contributed by atoms with Crippen molar-refractivity contribution in [2.75, 3.05) is 19.7 Å². The summed E-state index contributed by atoms with van der Waals surface area (Å²) in [5.41, 5.74) is 1.66. The summed E-state index contributed by atoms with van der Waals surface area (Å²) >= 11 is 5.99. The molecule has 1 aromatic heterocycles. The Morgan fingerprint density at radius 3 is 2.65 bits per heavy atom. The van der Waals surface area contributed by atoms with Crippen LogP contribution >= 0.6 is 11.6 Å². The van der Waals surface area contributed by atoms with E-state index in [2.05, 4.69) is 15.6 Å². The van der Waals surface area contributed by atoms with Gasteiger partial charge in [0.05, 0.1) is 10.9 Å². The van der Waals surface area contributed by atoms with Crippen LogP contribution in [-0.4, -0.2) is 53.5 Å². The maximum absolute atomic E-state index is 12.8. The smallest absolute Gasteiger partial charge is 0.261 e. The fourth-order valence-electron chi connectivity index (χ4n) is 3.11. The first-order chi connectivity index (χ1) is 14.8. The molecule has 0 spiro atoms. The van der Waals surface area contributed by atoms with E-state index in [4.69, 9.17) is 16.4 Å². The van der Waals surface area contributed by atoms with Gasteiger partial charge in [0.2, 0.25) is 10.0 Å². The van der Waals surface area contributed by atoms with Crippen molar-refractivity contribution >= 4 is 38.6 Å². The van der Waals surface area contributed by atoms with Gasteiger partial charge < -0.3 is 10.2 Å². The number of fused-ring (bicyclic) bond motifs is 1. The molecule has 1 heterocycles. The molecule has 9 nitrogen and oxygen atoms in total. The third-order valence-corrected chi connectivity index (χ3v) is 7.05. The molecule has 0 aliphatic heterocycles. The summed E-state index contributed by atoms with van der Waals surface area (Å²) in [6.45, 7) is 5.77. The number of benzene rings is 2. The van der Waals surface area contributed by atoms with E-state index < -0.39 is 10.0 Å². The maximum Gasteiger partial charge on any atom is 0.261 e. The molecule has 0 bridgehead atoms. The Morgan fingerprint density at radius 2 is 1.97 bits per heavy atom. The van der Waals surface area contributed by atoms with E-state index in [1.807, 2.05) is 19.1 Å². The summed E-state index contributed by atoms with van der Waals surface area (Å²) < 4.78 is 26.9. The van der Waals surface area contributed by atoms with Crippen molar-refractivity contribution in [2.45, 2.75) is 31.7 Å². The average molecular weight is 466 g/mol. The van der Waals surface area contributed by atoms with Crippen LogP contribution in [0.15, 0.2) is 47.4 Å². The molecule has 1 N–H and O–H groups in total. The Kier molecular flexibility index (Phi) is 7.14. The number of aromatic nitrogens is 3. The van der Waals surface area contributed by atoms with Gasteiger partial charge in [-0.05, 0) is 48.0 Å². The molecular formula is C20H24ClN5O4S. The summed E-state index contributed by atoms with van der Waals surface area (Å²) in [4.78, 5) is 18.9. The van der Waals surface area contributed by atoms with Crippen LogP contribution in [0.4, 0.5) is 0 Å². The van der Waals surface area contributed by atoms with E-state index in [-0.39, 0.29) is 23.5 Å². The molecule has 0 saturated carbocycles. The molecule has 0 aliphatic carbocycles. The van der Waals surface area contributed by atoms with Crippen molar-refractivity contribution in [2.24, 2.45) is 0 Å². The zero-order valence-electron chi connectivity index (χ0n) is 17.4. The molecule has 3 rings (SSSR count). The molecule has 11 heteroatoms. The number of nitrogens with one attached hydrogen (secondary N) is 1. The normalized spacial score (nSPS) is 12.8. The van der Waals surface area contributed by atoms with Crippen molar-refractivity contribution in [3.63, 3.8) is 0 Å². The van der Waals surface area contributed by atoms with E-state index in [1.165, 1.54) is 16.4 Å². The van der Waals surface area contributed by atoms with Crippen molar-refractivity contribution in [1.82, 2.24) is 24.8 Å². The van der Waals surface area contributed by atoms with Gasteiger partial charge in [0.15, 0.2) is 6.61 Å². The Bertz CT molecular complexity index is 1180. The predicted octanol–water partition coefficient (Wildman–Crippen LogP) is 2.42. The Hall–Kier alpha value is -2.69. The SMILES string of the molecule is CCN(CC)S(=O)(=O)c1ccc2nnn(OCC(=O)NC(C)c3cccc(Cl)c3)c2c1. The van der Waals surface area contributed by atoms with Crippen molar-refractivity contribution in [3.05, 3.63) is 53.1 Å². The minimum Gasteiger partial charge on any atom is -0.385 e. The lowest BCUT2D eigenvalue weighted by Gasteiger charge is -2.18. The van der Waals surface area contributed by atoms with E-state index in [1.54, 1.807) is 32.0 Å². The molecule has 0 radical (unpaired) electrons. The number of hydrogen-bond acceptors (Lipinski definition) is 6. The van der Waals surface area contributed by atoms with Gasteiger partial charge in [0.1, 0.15) is 11.0 Å². The van der Waals surface area contributed by atoms with Crippen LogP contribution in [0.5, 0.6) is 0 Å². The fraction of sp³-hybridized carbons (Fsp3) is 0.350. The van der Waals surface area contributed by atoms with Crippen LogP contribution in [0, 0.1) is 0 Å². The summed E-state index contributed by atoms with van der Waals surface area (Å²) in [7, 11) is -3.65. The lowest BCUT2D eigenvalue weighted by molar-refractivity contribution is -0.127. The minimum atomic E-state index is -3.65. The zero-order valence-corrected chi connectivity index (χ0v) is 19.0. The molecule has 31 heavy (non-hydrogen) atoms. The second kappa shape index (κ2) is 9.63. The molecule has 1 atom stereocenters. The Balaban J connectivity index is 1.72. The Labute approximate surface area is 185 Å². The van der Waals surface area contributed by atoms with Gasteiger partial charge in [-0.3, -0.25) is 4.79 Å². The Morgan fingerprint density at radius 1 is 1.23 bits per heavy atom. The van der Waals surface area contributed by atoms with Gasteiger partial charge in [0, 0.05) is 18.1 Å². The van der Waals surface area contributed by atoms with Gasteiger partial charge in [-0.2, -0.15) is 4.31 Å². The molecule has 1 amide bonds. The summed E-state index contributed by atoms with van der Waals surface area (Å²) in [6.07, 6.45) is 0. The van der Waals surface area contributed by atoms with E-state index in [0.717, 1.165) is 10.4 Å². The summed E-state index contributed by atoms with van der Waals surface area (Å²) in [5.74, 6) is -0.372. The van der Waals surface area contributed by atoms with Gasteiger partial charge in [-0.25, -0.2) is 8.42 Å². The summed E-state index contributed by atoms with van der Waals surface area (Å²) in [5, 5.41) is 11.2. The standard InChI is InChI=1S/C20H24ClN5O4S/c1-4-25(5-2)31(28,29)17-9-10-18-19(12-17)26(24-23-18)30-13-20(27)22-14(3)15-7-6-8-16(21)11-15/h6-12,14H,4-5,13H2,1-3H3,(H,22,27). The number of carbonyl (C=O) groups excluding carboxylic acids is 1. The van der Waals surface area contributed by atoms with E-state index in [0.29, 0.717) is 29.1 Å². The number of carbonyl (C=O) groups is 1. The first kappa shape index (κ1) is 23.0. The van der Waals surface area contributed by atoms with Crippen LogP contribution in [0.3, 0.4) is 0 Å². The topological polar surface area (TPSA) is 106 Å². The molecule has 1 unspecified atom stereocenters. The molecular weight excluding hydrogens is 442 g/mol. The highest BCUT2D eigenvalue weighted by molar-refractivity contribution is 7.89. The first-order valence-corrected chi connectivity index (χ1v) is 11.6. The van der Waals surface area contributed by atoms with Crippen LogP contribution in [0.25, 0.3) is 11.0 Å². The maximum atomic E-state index is 12.8. The second-order valence-electron chi connectivity index (χ2n) is 6.82. The first-order valence-electron chi connectivity index (χ1n) is 9.80. The number of hydrogen-bond donors (Lipinski definition) is 1.